The highest BCUT2D eigenvalue weighted by molar-refractivity contribution is 5.95. The van der Waals surface area contributed by atoms with Crippen LogP contribution in [-0.4, -0.2) is 63.2 Å². The van der Waals surface area contributed by atoms with Crippen molar-refractivity contribution in [3.63, 3.8) is 0 Å². The van der Waals surface area contributed by atoms with E-state index < -0.39 is 0 Å². The summed E-state index contributed by atoms with van der Waals surface area (Å²) in [6, 6.07) is 10.9. The number of carbonyl (C=O) groups is 1. The molecule has 2 aromatic rings. The Balaban J connectivity index is 1.40. The molecule has 28 heavy (non-hydrogen) atoms. The lowest BCUT2D eigenvalue weighted by molar-refractivity contribution is -0.121. The molecule has 0 aliphatic carbocycles. The molecule has 6 heteroatoms. The molecule has 1 amide bonds. The van der Waals surface area contributed by atoms with Crippen LogP contribution in [0.2, 0.25) is 0 Å². The van der Waals surface area contributed by atoms with Gasteiger partial charge in [0.1, 0.15) is 0 Å². The lowest BCUT2D eigenvalue weighted by atomic mass is 10.0. The van der Waals surface area contributed by atoms with Gasteiger partial charge in [-0.2, -0.15) is 5.10 Å². The van der Waals surface area contributed by atoms with Gasteiger partial charge in [0.25, 0.3) is 0 Å². The Hall–Kier alpha value is -2.18. The van der Waals surface area contributed by atoms with Crippen LogP contribution in [0.4, 0.5) is 5.69 Å². The molecule has 1 aromatic heterocycles. The first-order chi connectivity index (χ1) is 13.6. The van der Waals surface area contributed by atoms with E-state index in [0.717, 1.165) is 56.7 Å². The van der Waals surface area contributed by atoms with Crippen LogP contribution in [0.5, 0.6) is 0 Å². The molecule has 0 bridgehead atoms. The molecular formula is C22H31N5O. The fourth-order valence-electron chi connectivity index (χ4n) is 4.61. The Morgan fingerprint density at radius 1 is 1.14 bits per heavy atom. The number of hydrogen-bond acceptors (Lipinski definition) is 4. The SMILES string of the molecule is CC(C)N1CCC(N2CCC[C@@H]2C(=O)Nc2cccc(-n3cccn3)c2)CC1. The van der Waals surface area contributed by atoms with Crippen molar-refractivity contribution >= 4 is 11.6 Å². The van der Waals surface area contributed by atoms with Gasteiger partial charge in [-0.25, -0.2) is 4.68 Å². The third kappa shape index (κ3) is 4.13. The molecule has 0 unspecified atom stereocenters. The van der Waals surface area contributed by atoms with Crippen LogP contribution in [0.1, 0.15) is 39.5 Å². The third-order valence-electron chi connectivity index (χ3n) is 6.18. The van der Waals surface area contributed by atoms with E-state index in [9.17, 15) is 4.79 Å². The van der Waals surface area contributed by atoms with E-state index in [1.54, 1.807) is 10.9 Å². The predicted molar refractivity (Wildman–Crippen MR) is 112 cm³/mol. The number of likely N-dealkylation sites (tertiary alicyclic amines) is 2. The molecule has 150 valence electrons. The van der Waals surface area contributed by atoms with Gasteiger partial charge in [-0.15, -0.1) is 0 Å². The maximum atomic E-state index is 13.1. The molecule has 6 nitrogen and oxygen atoms in total. The number of hydrogen-bond donors (Lipinski definition) is 1. The van der Waals surface area contributed by atoms with E-state index in [2.05, 4.69) is 34.1 Å². The quantitative estimate of drug-likeness (QED) is 0.864. The van der Waals surface area contributed by atoms with Gasteiger partial charge in [-0.3, -0.25) is 9.69 Å². The second-order valence-corrected chi connectivity index (χ2v) is 8.25. The van der Waals surface area contributed by atoms with Gasteiger partial charge >= 0.3 is 0 Å². The highest BCUT2D eigenvalue weighted by Gasteiger charge is 2.36. The molecule has 3 heterocycles. The van der Waals surface area contributed by atoms with E-state index in [1.807, 2.05) is 36.5 Å². The zero-order valence-electron chi connectivity index (χ0n) is 16.9. The lowest BCUT2D eigenvalue weighted by Crippen LogP contribution is -2.51. The number of nitrogens with one attached hydrogen (secondary N) is 1. The molecular weight excluding hydrogens is 350 g/mol. The van der Waals surface area contributed by atoms with Crippen LogP contribution in [-0.2, 0) is 4.79 Å². The average Bonchev–Trinajstić information content (AvgIpc) is 3.40. The summed E-state index contributed by atoms with van der Waals surface area (Å²) in [6.07, 6.45) is 8.05. The summed E-state index contributed by atoms with van der Waals surface area (Å²) >= 11 is 0. The standard InChI is InChI=1S/C22H31N5O/c1-17(2)25-14-9-19(10-15-25)26-12-4-8-21(26)22(28)24-18-6-3-7-20(16-18)27-13-5-11-23-27/h3,5-7,11,13,16-17,19,21H,4,8-10,12,14-15H2,1-2H3,(H,24,28)/t21-/m1/s1. The van der Waals surface area contributed by atoms with Crippen molar-refractivity contribution in [1.82, 2.24) is 19.6 Å². The summed E-state index contributed by atoms with van der Waals surface area (Å²) < 4.78 is 1.81. The third-order valence-corrected chi connectivity index (χ3v) is 6.18. The monoisotopic (exact) mass is 381 g/mol. The zero-order chi connectivity index (χ0) is 19.5. The minimum atomic E-state index is -0.0102. The molecule has 0 radical (unpaired) electrons. The Morgan fingerprint density at radius 3 is 2.68 bits per heavy atom. The molecule has 2 fully saturated rings. The van der Waals surface area contributed by atoms with Gasteiger partial charge in [0.05, 0.1) is 11.7 Å². The second kappa shape index (κ2) is 8.45. The number of anilines is 1. The Morgan fingerprint density at radius 2 is 1.96 bits per heavy atom. The molecule has 1 N–H and O–H groups in total. The van der Waals surface area contributed by atoms with E-state index >= 15 is 0 Å². The maximum absolute atomic E-state index is 13.1. The fourth-order valence-corrected chi connectivity index (χ4v) is 4.61. The first-order valence-electron chi connectivity index (χ1n) is 10.5. The number of amides is 1. The number of aromatic nitrogens is 2. The molecule has 2 aliphatic rings. The first kappa shape index (κ1) is 19.2. The van der Waals surface area contributed by atoms with Crippen molar-refractivity contribution in [2.75, 3.05) is 25.0 Å². The summed E-state index contributed by atoms with van der Waals surface area (Å²) in [5.41, 5.74) is 1.78. The summed E-state index contributed by atoms with van der Waals surface area (Å²) in [5.74, 6) is 0.126. The van der Waals surface area contributed by atoms with Crippen LogP contribution >= 0.6 is 0 Å². The van der Waals surface area contributed by atoms with Crippen molar-refractivity contribution in [1.29, 1.82) is 0 Å². The normalized spacial score (nSPS) is 22.0. The minimum Gasteiger partial charge on any atom is -0.325 e. The van der Waals surface area contributed by atoms with E-state index in [4.69, 9.17) is 0 Å². The van der Waals surface area contributed by atoms with Crippen LogP contribution in [0.25, 0.3) is 5.69 Å². The summed E-state index contributed by atoms with van der Waals surface area (Å²) in [4.78, 5) is 18.1. The molecule has 0 saturated carbocycles. The summed E-state index contributed by atoms with van der Waals surface area (Å²) in [5, 5.41) is 7.42. The summed E-state index contributed by atoms with van der Waals surface area (Å²) in [7, 11) is 0. The average molecular weight is 382 g/mol. The van der Waals surface area contributed by atoms with Crippen LogP contribution in [0.3, 0.4) is 0 Å². The van der Waals surface area contributed by atoms with Gasteiger partial charge in [0.2, 0.25) is 5.91 Å². The van der Waals surface area contributed by atoms with Crippen molar-refractivity contribution in [3.05, 3.63) is 42.7 Å². The Labute approximate surface area is 167 Å². The lowest BCUT2D eigenvalue weighted by Gasteiger charge is -2.40. The van der Waals surface area contributed by atoms with Gasteiger partial charge < -0.3 is 10.2 Å². The second-order valence-electron chi connectivity index (χ2n) is 8.25. The molecule has 0 spiro atoms. The van der Waals surface area contributed by atoms with E-state index in [1.165, 1.54) is 0 Å². The Kier molecular flexibility index (Phi) is 5.78. The summed E-state index contributed by atoms with van der Waals surface area (Å²) in [6.45, 7) is 7.85. The first-order valence-corrected chi connectivity index (χ1v) is 10.5. The topological polar surface area (TPSA) is 53.4 Å². The number of piperidine rings is 1. The minimum absolute atomic E-state index is 0.0102. The number of benzene rings is 1. The Bertz CT molecular complexity index is 780. The van der Waals surface area contributed by atoms with Crippen LogP contribution in [0.15, 0.2) is 42.7 Å². The van der Waals surface area contributed by atoms with Crippen LogP contribution < -0.4 is 5.32 Å². The number of rotatable bonds is 5. The van der Waals surface area contributed by atoms with Gasteiger partial charge in [-0.1, -0.05) is 6.07 Å². The van der Waals surface area contributed by atoms with E-state index in [-0.39, 0.29) is 11.9 Å². The van der Waals surface area contributed by atoms with Crippen molar-refractivity contribution < 1.29 is 4.79 Å². The van der Waals surface area contributed by atoms with Gasteiger partial charge in [0.15, 0.2) is 0 Å². The molecule has 1 aromatic carbocycles. The van der Waals surface area contributed by atoms with Gasteiger partial charge in [0, 0.05) is 30.2 Å². The molecule has 2 saturated heterocycles. The van der Waals surface area contributed by atoms with E-state index in [0.29, 0.717) is 12.1 Å². The number of nitrogens with zero attached hydrogens (tertiary/aromatic N) is 4. The molecule has 1 atom stereocenters. The predicted octanol–water partition coefficient (Wildman–Crippen LogP) is 3.15. The largest absolute Gasteiger partial charge is 0.325 e. The highest BCUT2D eigenvalue weighted by atomic mass is 16.2. The van der Waals surface area contributed by atoms with Gasteiger partial charge in [-0.05, 0) is 83.4 Å². The molecule has 4 rings (SSSR count). The number of carbonyl (C=O) groups excluding carboxylic acids is 1. The zero-order valence-corrected chi connectivity index (χ0v) is 16.9. The highest BCUT2D eigenvalue weighted by Crippen LogP contribution is 2.27. The van der Waals surface area contributed by atoms with Crippen molar-refractivity contribution in [2.45, 2.75) is 57.7 Å². The smallest absolute Gasteiger partial charge is 0.241 e. The van der Waals surface area contributed by atoms with Crippen molar-refractivity contribution in [2.24, 2.45) is 0 Å². The molecule has 2 aliphatic heterocycles. The van der Waals surface area contributed by atoms with Crippen LogP contribution in [0, 0.1) is 0 Å². The fraction of sp³-hybridized carbons (Fsp3) is 0.545. The van der Waals surface area contributed by atoms with Crippen molar-refractivity contribution in [3.8, 4) is 5.69 Å². The maximum Gasteiger partial charge on any atom is 0.241 e.